The molecule has 3 rings (SSSR count). The Morgan fingerprint density at radius 2 is 1.89 bits per heavy atom. The van der Waals surface area contributed by atoms with Crippen molar-refractivity contribution in [1.82, 2.24) is 0 Å². The lowest BCUT2D eigenvalue weighted by molar-refractivity contribution is -0.120. The Morgan fingerprint density at radius 1 is 1.22 bits per heavy atom. The van der Waals surface area contributed by atoms with Crippen LogP contribution in [-0.4, -0.2) is 11.9 Å². The van der Waals surface area contributed by atoms with Gasteiger partial charge in [-0.1, -0.05) is 12.2 Å². The van der Waals surface area contributed by atoms with E-state index in [2.05, 4.69) is 17.5 Å². The molecule has 2 bridgehead atoms. The molecule has 4 heteroatoms. The molecule has 0 aromatic heterocycles. The fourth-order valence-electron chi connectivity index (χ4n) is 2.99. The van der Waals surface area contributed by atoms with Crippen LogP contribution in [0.15, 0.2) is 36.4 Å². The minimum absolute atomic E-state index is 0.0639. The first-order valence-corrected chi connectivity index (χ1v) is 6.15. The summed E-state index contributed by atoms with van der Waals surface area (Å²) in [6.07, 6.45) is 5.17. The van der Waals surface area contributed by atoms with Gasteiger partial charge in [0, 0.05) is 11.7 Å². The summed E-state index contributed by atoms with van der Waals surface area (Å²) in [7, 11) is 0. The molecule has 0 radical (unpaired) electrons. The largest absolute Gasteiger partial charge is 0.326 e. The lowest BCUT2D eigenvalue weighted by atomic mass is 9.88. The molecule has 0 aliphatic heterocycles. The molecule has 1 aromatic carbocycles. The van der Waals surface area contributed by atoms with Crippen molar-refractivity contribution in [3.05, 3.63) is 42.2 Å². The summed E-state index contributed by atoms with van der Waals surface area (Å²) in [5.41, 5.74) is 6.68. The minimum atomic E-state index is -0.312. The number of allylic oxidation sites excluding steroid dienone is 1. The number of carbonyl (C=O) groups is 1. The Morgan fingerprint density at radius 3 is 2.50 bits per heavy atom. The van der Waals surface area contributed by atoms with Crippen molar-refractivity contribution in [1.29, 1.82) is 0 Å². The van der Waals surface area contributed by atoms with Crippen LogP contribution in [0.1, 0.15) is 6.42 Å². The van der Waals surface area contributed by atoms with Gasteiger partial charge in [0.15, 0.2) is 0 Å². The van der Waals surface area contributed by atoms with E-state index in [9.17, 15) is 9.18 Å². The SMILES string of the molecule is NC1C(C(=O)Nc2ccc(F)cc2)[C@H]2C=C[C@@H]1C2. The second-order valence-electron chi connectivity index (χ2n) is 5.05. The topological polar surface area (TPSA) is 55.1 Å². The fourth-order valence-corrected chi connectivity index (χ4v) is 2.99. The van der Waals surface area contributed by atoms with Gasteiger partial charge in [-0.05, 0) is 42.5 Å². The number of rotatable bonds is 2. The third-order valence-electron chi connectivity index (χ3n) is 3.93. The maximum absolute atomic E-state index is 12.8. The van der Waals surface area contributed by atoms with Gasteiger partial charge >= 0.3 is 0 Å². The van der Waals surface area contributed by atoms with Gasteiger partial charge < -0.3 is 11.1 Å². The number of halogens is 1. The number of anilines is 1. The summed E-state index contributed by atoms with van der Waals surface area (Å²) in [5, 5.41) is 2.81. The van der Waals surface area contributed by atoms with E-state index in [1.165, 1.54) is 12.1 Å². The lowest BCUT2D eigenvalue weighted by Crippen LogP contribution is -2.41. The number of hydrogen-bond donors (Lipinski definition) is 2. The minimum Gasteiger partial charge on any atom is -0.326 e. The molecule has 1 fully saturated rings. The molecule has 18 heavy (non-hydrogen) atoms. The number of nitrogens with one attached hydrogen (secondary N) is 1. The maximum Gasteiger partial charge on any atom is 0.229 e. The number of carbonyl (C=O) groups excluding carboxylic acids is 1. The van der Waals surface area contributed by atoms with E-state index in [1.807, 2.05) is 0 Å². The number of nitrogens with two attached hydrogens (primary N) is 1. The molecule has 2 aliphatic carbocycles. The molecule has 3 nitrogen and oxygen atoms in total. The molecular formula is C14H15FN2O. The smallest absolute Gasteiger partial charge is 0.229 e. The van der Waals surface area contributed by atoms with Gasteiger partial charge in [0.25, 0.3) is 0 Å². The first-order valence-electron chi connectivity index (χ1n) is 6.15. The summed E-state index contributed by atoms with van der Waals surface area (Å²) < 4.78 is 12.8. The van der Waals surface area contributed by atoms with Crippen LogP contribution in [-0.2, 0) is 4.79 Å². The summed E-state index contributed by atoms with van der Waals surface area (Å²) in [6.45, 7) is 0. The average Bonchev–Trinajstić information content (AvgIpc) is 2.92. The highest BCUT2D eigenvalue weighted by atomic mass is 19.1. The Balaban J connectivity index is 1.72. The number of fused-ring (bicyclic) bond motifs is 2. The van der Waals surface area contributed by atoms with Gasteiger partial charge in [0.2, 0.25) is 5.91 Å². The monoisotopic (exact) mass is 246 g/mol. The van der Waals surface area contributed by atoms with Gasteiger partial charge in [-0.2, -0.15) is 0 Å². The third-order valence-corrected chi connectivity index (χ3v) is 3.93. The quantitative estimate of drug-likeness (QED) is 0.783. The molecule has 0 saturated heterocycles. The normalized spacial score (nSPS) is 32.8. The molecule has 1 saturated carbocycles. The molecule has 1 aromatic rings. The maximum atomic E-state index is 12.8. The zero-order valence-corrected chi connectivity index (χ0v) is 9.84. The average molecular weight is 246 g/mol. The first kappa shape index (κ1) is 11.4. The standard InChI is InChI=1S/C14H15FN2O/c15-10-3-5-11(6-4-10)17-14(18)12-8-1-2-9(7-8)13(12)16/h1-6,8-9,12-13H,7,16H2,(H,17,18)/t8-,9+,12?,13?/m0/s1. The van der Waals surface area contributed by atoms with Crippen LogP contribution in [0.25, 0.3) is 0 Å². The summed E-state index contributed by atoms with van der Waals surface area (Å²) in [4.78, 5) is 12.2. The molecule has 2 unspecified atom stereocenters. The number of amides is 1. The summed E-state index contributed by atoms with van der Waals surface area (Å²) in [6, 6.07) is 5.68. The van der Waals surface area contributed by atoms with Gasteiger partial charge in [-0.25, -0.2) is 4.39 Å². The van der Waals surface area contributed by atoms with E-state index >= 15 is 0 Å². The predicted octanol–water partition coefficient (Wildman–Crippen LogP) is 1.91. The molecule has 94 valence electrons. The van der Waals surface area contributed by atoms with Gasteiger partial charge in [-0.15, -0.1) is 0 Å². The van der Waals surface area contributed by atoms with Crippen molar-refractivity contribution >= 4 is 11.6 Å². The van der Waals surface area contributed by atoms with Gasteiger partial charge in [0.1, 0.15) is 5.82 Å². The van der Waals surface area contributed by atoms with E-state index in [4.69, 9.17) is 5.73 Å². The zero-order chi connectivity index (χ0) is 12.7. The third kappa shape index (κ3) is 1.82. The van der Waals surface area contributed by atoms with Crippen LogP contribution in [0.2, 0.25) is 0 Å². The van der Waals surface area contributed by atoms with Crippen molar-refractivity contribution < 1.29 is 9.18 Å². The molecule has 1 amide bonds. The molecule has 0 spiro atoms. The predicted molar refractivity (Wildman–Crippen MR) is 67.2 cm³/mol. The van der Waals surface area contributed by atoms with Crippen LogP contribution in [0.4, 0.5) is 10.1 Å². The molecule has 3 N–H and O–H groups in total. The first-order chi connectivity index (χ1) is 8.65. The second-order valence-corrected chi connectivity index (χ2v) is 5.05. The van der Waals surface area contributed by atoms with E-state index in [0.29, 0.717) is 11.6 Å². The zero-order valence-electron chi connectivity index (χ0n) is 9.84. The molecular weight excluding hydrogens is 231 g/mol. The van der Waals surface area contributed by atoms with Crippen LogP contribution in [0.3, 0.4) is 0 Å². The molecule has 2 aliphatic rings. The number of hydrogen-bond acceptors (Lipinski definition) is 2. The van der Waals surface area contributed by atoms with Crippen LogP contribution in [0.5, 0.6) is 0 Å². The fraction of sp³-hybridized carbons (Fsp3) is 0.357. The highest BCUT2D eigenvalue weighted by Gasteiger charge is 2.46. The summed E-state index contributed by atoms with van der Waals surface area (Å²) in [5.74, 6) is 0.0491. The van der Waals surface area contributed by atoms with E-state index < -0.39 is 0 Å². The van der Waals surface area contributed by atoms with Crippen LogP contribution >= 0.6 is 0 Å². The highest BCUT2D eigenvalue weighted by Crippen LogP contribution is 2.43. The van der Waals surface area contributed by atoms with E-state index in [1.54, 1.807) is 12.1 Å². The van der Waals surface area contributed by atoms with Gasteiger partial charge in [-0.3, -0.25) is 4.79 Å². The number of benzene rings is 1. The highest BCUT2D eigenvalue weighted by molar-refractivity contribution is 5.93. The Labute approximate surface area is 105 Å². The summed E-state index contributed by atoms with van der Waals surface area (Å²) >= 11 is 0. The molecule has 0 heterocycles. The van der Waals surface area contributed by atoms with Crippen molar-refractivity contribution in [2.75, 3.05) is 5.32 Å². The Kier molecular flexibility index (Phi) is 2.67. The van der Waals surface area contributed by atoms with Crippen molar-refractivity contribution in [2.45, 2.75) is 12.5 Å². The Bertz CT molecular complexity index is 497. The molecule has 4 atom stereocenters. The Hall–Kier alpha value is -1.68. The van der Waals surface area contributed by atoms with Crippen molar-refractivity contribution in [3.8, 4) is 0 Å². The second kappa shape index (κ2) is 4.21. The van der Waals surface area contributed by atoms with Gasteiger partial charge in [0.05, 0.1) is 5.92 Å². The van der Waals surface area contributed by atoms with Crippen molar-refractivity contribution in [3.63, 3.8) is 0 Å². The van der Waals surface area contributed by atoms with E-state index in [-0.39, 0.29) is 29.6 Å². The lowest BCUT2D eigenvalue weighted by Gasteiger charge is -2.23. The van der Waals surface area contributed by atoms with E-state index in [0.717, 1.165) is 6.42 Å². The van der Waals surface area contributed by atoms with Crippen molar-refractivity contribution in [2.24, 2.45) is 23.5 Å². The van der Waals surface area contributed by atoms with Crippen LogP contribution < -0.4 is 11.1 Å². The van der Waals surface area contributed by atoms with Crippen LogP contribution in [0, 0.1) is 23.6 Å².